The quantitative estimate of drug-likeness (QED) is 0.833. The predicted octanol–water partition coefficient (Wildman–Crippen LogP) is 0.238. The summed E-state index contributed by atoms with van der Waals surface area (Å²) in [6, 6.07) is 1.46. The molecule has 1 atom stereocenters. The first-order valence-corrected chi connectivity index (χ1v) is 7.01. The van der Waals surface area contributed by atoms with Gasteiger partial charge in [0.1, 0.15) is 11.6 Å². The molecule has 0 spiro atoms. The third-order valence-electron chi connectivity index (χ3n) is 3.81. The largest absolute Gasteiger partial charge is 0.372 e. The topological polar surface area (TPSA) is 60.5 Å². The highest BCUT2D eigenvalue weighted by molar-refractivity contribution is 5.98. The van der Waals surface area contributed by atoms with E-state index in [4.69, 9.17) is 0 Å². The predicted molar refractivity (Wildman–Crippen MR) is 80.0 cm³/mol. The average Bonchev–Trinajstić information content (AvgIpc) is 2.47. The molecule has 0 aromatic carbocycles. The van der Waals surface area contributed by atoms with E-state index in [9.17, 15) is 9.18 Å². The van der Waals surface area contributed by atoms with Crippen LogP contribution in [0.5, 0.6) is 0 Å². The van der Waals surface area contributed by atoms with Crippen LogP contribution < -0.4 is 10.6 Å². The van der Waals surface area contributed by atoms with Crippen molar-refractivity contribution >= 4 is 11.7 Å². The number of piperazine rings is 1. The van der Waals surface area contributed by atoms with Gasteiger partial charge < -0.3 is 15.5 Å². The molecule has 0 bridgehead atoms. The Morgan fingerprint density at radius 3 is 2.95 bits per heavy atom. The molecule has 1 amide bonds. The van der Waals surface area contributed by atoms with Crippen LogP contribution in [0, 0.1) is 5.82 Å². The third-order valence-corrected chi connectivity index (χ3v) is 3.81. The van der Waals surface area contributed by atoms with Crippen molar-refractivity contribution in [2.45, 2.75) is 6.04 Å². The van der Waals surface area contributed by atoms with E-state index in [1.54, 1.807) is 7.05 Å². The van der Waals surface area contributed by atoms with Crippen molar-refractivity contribution in [1.82, 2.24) is 20.1 Å². The molecule has 0 saturated carbocycles. The molecule has 0 aliphatic carbocycles. The van der Waals surface area contributed by atoms with Gasteiger partial charge in [-0.05, 0) is 20.2 Å². The highest BCUT2D eigenvalue weighted by Gasteiger charge is 2.23. The molecule has 7 heteroatoms. The van der Waals surface area contributed by atoms with Crippen LogP contribution in [0.3, 0.4) is 0 Å². The molecule has 2 N–H and O–H groups in total. The molecule has 1 aliphatic rings. The van der Waals surface area contributed by atoms with Crippen LogP contribution in [0.25, 0.3) is 0 Å². The van der Waals surface area contributed by atoms with E-state index < -0.39 is 5.82 Å². The fraction of sp³-hybridized carbons (Fsp3) is 0.571. The van der Waals surface area contributed by atoms with Crippen LogP contribution in [0.15, 0.2) is 12.3 Å². The first-order chi connectivity index (χ1) is 10.0. The normalized spacial score (nSPS) is 20.3. The summed E-state index contributed by atoms with van der Waals surface area (Å²) in [7, 11) is 5.77. The van der Waals surface area contributed by atoms with Gasteiger partial charge in [-0.25, -0.2) is 9.37 Å². The number of carbonyl (C=O) groups is 1. The number of halogens is 1. The number of anilines is 1. The summed E-state index contributed by atoms with van der Waals surface area (Å²) in [6.07, 6.45) is 1.09. The number of amides is 1. The number of pyridine rings is 1. The molecule has 1 aromatic rings. The van der Waals surface area contributed by atoms with Gasteiger partial charge in [0.2, 0.25) is 0 Å². The summed E-state index contributed by atoms with van der Waals surface area (Å²) >= 11 is 0. The average molecular weight is 295 g/mol. The van der Waals surface area contributed by atoms with Crippen molar-refractivity contribution in [3.05, 3.63) is 23.6 Å². The second-order valence-corrected chi connectivity index (χ2v) is 5.41. The van der Waals surface area contributed by atoms with Crippen LogP contribution in [-0.4, -0.2) is 74.1 Å². The van der Waals surface area contributed by atoms with Gasteiger partial charge in [0, 0.05) is 39.3 Å². The maximum Gasteiger partial charge on any atom is 0.255 e. The van der Waals surface area contributed by atoms with Crippen molar-refractivity contribution in [2.24, 2.45) is 0 Å². The molecule has 1 unspecified atom stereocenters. The van der Waals surface area contributed by atoms with Gasteiger partial charge in [0.25, 0.3) is 5.91 Å². The summed E-state index contributed by atoms with van der Waals surface area (Å²) in [5.41, 5.74) is 0.226. The summed E-state index contributed by atoms with van der Waals surface area (Å²) in [5, 5.41) is 5.67. The molecule has 0 radical (unpaired) electrons. The Hall–Kier alpha value is -1.73. The summed E-state index contributed by atoms with van der Waals surface area (Å²) in [5.74, 6) is -0.454. The summed E-state index contributed by atoms with van der Waals surface area (Å²) < 4.78 is 13.3. The van der Waals surface area contributed by atoms with Crippen molar-refractivity contribution < 1.29 is 9.18 Å². The van der Waals surface area contributed by atoms with Crippen LogP contribution >= 0.6 is 0 Å². The number of hydrogen-bond acceptors (Lipinski definition) is 5. The molecule has 1 aromatic heterocycles. The van der Waals surface area contributed by atoms with Gasteiger partial charge in [-0.3, -0.25) is 9.69 Å². The Labute approximate surface area is 124 Å². The molecular weight excluding hydrogens is 273 g/mol. The number of rotatable bonds is 4. The lowest BCUT2D eigenvalue weighted by Gasteiger charge is -2.37. The number of hydrogen-bond donors (Lipinski definition) is 2. The second-order valence-electron chi connectivity index (χ2n) is 5.41. The Kier molecular flexibility index (Phi) is 5.08. The van der Waals surface area contributed by atoms with Crippen molar-refractivity contribution in [3.63, 3.8) is 0 Å². The molecule has 1 aliphatic heterocycles. The third kappa shape index (κ3) is 3.89. The highest BCUT2D eigenvalue weighted by Crippen LogP contribution is 2.13. The van der Waals surface area contributed by atoms with Crippen molar-refractivity contribution in [2.75, 3.05) is 52.6 Å². The summed E-state index contributed by atoms with van der Waals surface area (Å²) in [4.78, 5) is 20.6. The number of nitrogens with zero attached hydrogens (tertiary/aromatic N) is 3. The zero-order chi connectivity index (χ0) is 15.4. The smallest absolute Gasteiger partial charge is 0.255 e. The van der Waals surface area contributed by atoms with Crippen LogP contribution in [0.1, 0.15) is 10.4 Å². The van der Waals surface area contributed by atoms with Crippen molar-refractivity contribution in [1.29, 1.82) is 0 Å². The highest BCUT2D eigenvalue weighted by atomic mass is 19.1. The van der Waals surface area contributed by atoms with E-state index in [0.29, 0.717) is 12.4 Å². The zero-order valence-electron chi connectivity index (χ0n) is 12.7. The minimum atomic E-state index is -0.520. The maximum atomic E-state index is 13.3. The van der Waals surface area contributed by atoms with Gasteiger partial charge in [-0.2, -0.15) is 0 Å². The lowest BCUT2D eigenvalue weighted by atomic mass is 10.1. The monoisotopic (exact) mass is 295 g/mol. The minimum Gasteiger partial charge on any atom is -0.372 e. The first kappa shape index (κ1) is 15.7. The molecular formula is C14H22FN5O. The van der Waals surface area contributed by atoms with Gasteiger partial charge in [-0.15, -0.1) is 0 Å². The molecule has 1 fully saturated rings. The Morgan fingerprint density at radius 2 is 2.24 bits per heavy atom. The molecule has 2 rings (SSSR count). The lowest BCUT2D eigenvalue weighted by molar-refractivity contribution is 0.0881. The first-order valence-electron chi connectivity index (χ1n) is 7.01. The number of aromatic nitrogens is 1. The van der Waals surface area contributed by atoms with Crippen LogP contribution in [0.4, 0.5) is 10.2 Å². The SMILES string of the molecule is CNc1ncc(F)cc1C(=O)NCC1CN(C)CCN1C. The van der Waals surface area contributed by atoms with E-state index in [1.807, 2.05) is 7.05 Å². The molecule has 1 saturated heterocycles. The van der Waals surface area contributed by atoms with Crippen LogP contribution in [-0.2, 0) is 0 Å². The van der Waals surface area contributed by atoms with E-state index >= 15 is 0 Å². The number of likely N-dealkylation sites (N-methyl/N-ethyl adjacent to an activating group) is 2. The number of carbonyl (C=O) groups excluding carboxylic acids is 1. The van der Waals surface area contributed by atoms with E-state index in [2.05, 4.69) is 32.5 Å². The number of nitrogens with one attached hydrogen (secondary N) is 2. The maximum absolute atomic E-state index is 13.3. The zero-order valence-corrected chi connectivity index (χ0v) is 12.7. The molecule has 2 heterocycles. The minimum absolute atomic E-state index is 0.226. The van der Waals surface area contributed by atoms with Crippen molar-refractivity contribution in [3.8, 4) is 0 Å². The van der Waals surface area contributed by atoms with Crippen LogP contribution in [0.2, 0.25) is 0 Å². The fourth-order valence-corrected chi connectivity index (χ4v) is 2.44. The molecule has 116 valence electrons. The van der Waals surface area contributed by atoms with E-state index in [0.717, 1.165) is 25.8 Å². The fourth-order valence-electron chi connectivity index (χ4n) is 2.44. The second kappa shape index (κ2) is 6.82. The Morgan fingerprint density at radius 1 is 1.48 bits per heavy atom. The van der Waals surface area contributed by atoms with Gasteiger partial charge in [0.05, 0.1) is 11.8 Å². The van der Waals surface area contributed by atoms with E-state index in [1.165, 1.54) is 6.07 Å². The standard InChI is InChI=1S/C14H22FN5O/c1-16-13-12(6-10(15)7-17-13)14(21)18-8-11-9-19(2)4-5-20(11)3/h6-7,11H,4-5,8-9H2,1-3H3,(H,16,17)(H,18,21). The van der Waals surface area contributed by atoms with Gasteiger partial charge in [0.15, 0.2) is 0 Å². The Bertz CT molecular complexity index is 510. The molecule has 21 heavy (non-hydrogen) atoms. The van der Waals surface area contributed by atoms with Gasteiger partial charge >= 0.3 is 0 Å². The van der Waals surface area contributed by atoms with Gasteiger partial charge in [-0.1, -0.05) is 0 Å². The molecule has 6 nitrogen and oxygen atoms in total. The van der Waals surface area contributed by atoms with E-state index in [-0.39, 0.29) is 17.5 Å². The lowest BCUT2D eigenvalue weighted by Crippen LogP contribution is -2.54. The summed E-state index contributed by atoms with van der Waals surface area (Å²) in [6.45, 7) is 3.43. The Balaban J connectivity index is 2.00.